The number of carbonyl (C=O) groups excluding carboxylic acids is 1. The zero-order valence-corrected chi connectivity index (χ0v) is 13.1. The van der Waals surface area contributed by atoms with Crippen molar-refractivity contribution >= 4 is 23.7 Å². The molecule has 3 nitrogen and oxygen atoms in total. The molecule has 1 fully saturated rings. The van der Waals surface area contributed by atoms with Gasteiger partial charge in [0.25, 0.3) is 5.91 Å². The van der Waals surface area contributed by atoms with E-state index < -0.39 is 0 Å². The molecule has 1 aromatic carbocycles. The smallest absolute Gasteiger partial charge is 0.262 e. The summed E-state index contributed by atoms with van der Waals surface area (Å²) in [5, 5.41) is 12.2. The van der Waals surface area contributed by atoms with E-state index in [9.17, 15) is 10.1 Å². The van der Waals surface area contributed by atoms with Crippen molar-refractivity contribution < 1.29 is 4.79 Å². The molecule has 1 N–H and O–H groups in total. The van der Waals surface area contributed by atoms with Gasteiger partial charge in [0.2, 0.25) is 0 Å². The molecule has 0 radical (unpaired) electrons. The average Bonchev–Trinajstić information content (AvgIpc) is 2.54. The van der Waals surface area contributed by atoms with Gasteiger partial charge in [-0.3, -0.25) is 4.79 Å². The minimum Gasteiger partial charge on any atom is -0.349 e. The Kier molecular flexibility index (Phi) is 5.89. The van der Waals surface area contributed by atoms with Crippen LogP contribution in [0.25, 0.3) is 6.08 Å². The molecule has 1 aliphatic rings. The lowest BCUT2D eigenvalue weighted by Gasteiger charge is -2.22. The van der Waals surface area contributed by atoms with Crippen molar-refractivity contribution in [3.05, 3.63) is 35.4 Å². The van der Waals surface area contributed by atoms with E-state index in [1.807, 2.05) is 36.6 Å². The standard InChI is InChI=1S/C17H20N2OS/c1-21-16-9-7-13(8-10-16)11-14(12-18)17(20)19-15-5-3-2-4-6-15/h7-11,15H,2-6H2,1H3,(H,19,20)/b14-11+. The van der Waals surface area contributed by atoms with E-state index in [1.54, 1.807) is 17.8 Å². The maximum atomic E-state index is 12.2. The Morgan fingerprint density at radius 2 is 1.95 bits per heavy atom. The van der Waals surface area contributed by atoms with E-state index in [-0.39, 0.29) is 17.5 Å². The van der Waals surface area contributed by atoms with Crippen LogP contribution in [0.2, 0.25) is 0 Å². The second-order valence-electron chi connectivity index (χ2n) is 5.25. The summed E-state index contributed by atoms with van der Waals surface area (Å²) >= 11 is 1.67. The van der Waals surface area contributed by atoms with Gasteiger partial charge in [-0.2, -0.15) is 5.26 Å². The first-order valence-corrected chi connectivity index (χ1v) is 8.52. The molecule has 0 bridgehead atoms. The highest BCUT2D eigenvalue weighted by atomic mass is 32.2. The molecule has 0 aliphatic heterocycles. The molecule has 110 valence electrons. The van der Waals surface area contributed by atoms with Gasteiger partial charge < -0.3 is 5.32 Å². The number of hydrogen-bond donors (Lipinski definition) is 1. The van der Waals surface area contributed by atoms with E-state index >= 15 is 0 Å². The Labute approximate surface area is 130 Å². The quantitative estimate of drug-likeness (QED) is 0.523. The van der Waals surface area contributed by atoms with E-state index in [0.29, 0.717) is 0 Å². The van der Waals surface area contributed by atoms with Gasteiger partial charge in [-0.05, 0) is 42.9 Å². The number of thioether (sulfide) groups is 1. The molecule has 2 rings (SSSR count). The lowest BCUT2D eigenvalue weighted by atomic mass is 9.95. The molecule has 21 heavy (non-hydrogen) atoms. The number of hydrogen-bond acceptors (Lipinski definition) is 3. The number of nitrogens with zero attached hydrogens (tertiary/aromatic N) is 1. The predicted molar refractivity (Wildman–Crippen MR) is 86.8 cm³/mol. The van der Waals surface area contributed by atoms with E-state index in [4.69, 9.17) is 0 Å². The van der Waals surface area contributed by atoms with E-state index in [0.717, 1.165) is 36.1 Å². The minimum atomic E-state index is -0.252. The SMILES string of the molecule is CSc1ccc(/C=C(\C#N)C(=O)NC2CCCCC2)cc1. The number of benzene rings is 1. The van der Waals surface area contributed by atoms with Crippen LogP contribution in [0.1, 0.15) is 37.7 Å². The molecule has 4 heteroatoms. The first kappa shape index (κ1) is 15.7. The molecule has 0 unspecified atom stereocenters. The van der Waals surface area contributed by atoms with Crippen molar-refractivity contribution in [2.24, 2.45) is 0 Å². The van der Waals surface area contributed by atoms with Crippen LogP contribution in [0, 0.1) is 11.3 Å². The monoisotopic (exact) mass is 300 g/mol. The number of amides is 1. The molecule has 1 amide bonds. The average molecular weight is 300 g/mol. The number of nitrogens with one attached hydrogen (secondary N) is 1. The van der Waals surface area contributed by atoms with Crippen molar-refractivity contribution in [2.45, 2.75) is 43.0 Å². The Morgan fingerprint density at radius 3 is 2.52 bits per heavy atom. The van der Waals surface area contributed by atoms with Crippen LogP contribution in [0.4, 0.5) is 0 Å². The third-order valence-electron chi connectivity index (χ3n) is 3.73. The van der Waals surface area contributed by atoms with E-state index in [1.165, 1.54) is 6.42 Å². The summed E-state index contributed by atoms with van der Waals surface area (Å²) in [6.07, 6.45) is 9.28. The van der Waals surface area contributed by atoms with Crippen LogP contribution in [0.5, 0.6) is 0 Å². The fourth-order valence-electron chi connectivity index (χ4n) is 2.53. The molecule has 1 aliphatic carbocycles. The van der Waals surface area contributed by atoms with Crippen LogP contribution < -0.4 is 5.32 Å². The Balaban J connectivity index is 2.04. The van der Waals surface area contributed by atoms with Gasteiger partial charge in [-0.15, -0.1) is 11.8 Å². The third kappa shape index (κ3) is 4.64. The van der Waals surface area contributed by atoms with Crippen molar-refractivity contribution in [1.29, 1.82) is 5.26 Å². The fraction of sp³-hybridized carbons (Fsp3) is 0.412. The van der Waals surface area contributed by atoms with Crippen LogP contribution >= 0.6 is 11.8 Å². The molecule has 1 saturated carbocycles. The molecule has 1 aromatic rings. The molecule has 0 heterocycles. The summed E-state index contributed by atoms with van der Waals surface area (Å²) in [6.45, 7) is 0. The topological polar surface area (TPSA) is 52.9 Å². The van der Waals surface area contributed by atoms with E-state index in [2.05, 4.69) is 5.32 Å². The summed E-state index contributed by atoms with van der Waals surface area (Å²) in [6, 6.07) is 10.1. The first-order valence-electron chi connectivity index (χ1n) is 7.29. The summed E-state index contributed by atoms with van der Waals surface area (Å²) < 4.78 is 0. The maximum absolute atomic E-state index is 12.2. The second-order valence-corrected chi connectivity index (χ2v) is 6.13. The number of nitriles is 1. The lowest BCUT2D eigenvalue weighted by molar-refractivity contribution is -0.117. The molecule has 0 saturated heterocycles. The van der Waals surface area contributed by atoms with Crippen molar-refractivity contribution in [2.75, 3.05) is 6.26 Å². The molecule has 0 atom stereocenters. The Bertz CT molecular complexity index is 551. The molecular formula is C17H20N2OS. The normalized spacial score (nSPS) is 16.3. The van der Waals surface area contributed by atoms with Gasteiger partial charge in [0.05, 0.1) is 0 Å². The van der Waals surface area contributed by atoms with Crippen molar-refractivity contribution in [3.8, 4) is 6.07 Å². The van der Waals surface area contributed by atoms with Crippen LogP contribution in [0.3, 0.4) is 0 Å². The maximum Gasteiger partial charge on any atom is 0.262 e. The second kappa shape index (κ2) is 7.90. The minimum absolute atomic E-state index is 0.178. The highest BCUT2D eigenvalue weighted by molar-refractivity contribution is 7.98. The number of rotatable bonds is 4. The van der Waals surface area contributed by atoms with Gasteiger partial charge in [-0.1, -0.05) is 31.4 Å². The fourth-order valence-corrected chi connectivity index (χ4v) is 2.93. The number of carbonyl (C=O) groups is 1. The van der Waals surface area contributed by atoms with Crippen molar-refractivity contribution in [1.82, 2.24) is 5.32 Å². The Morgan fingerprint density at radius 1 is 1.29 bits per heavy atom. The first-order chi connectivity index (χ1) is 10.2. The highest BCUT2D eigenvalue weighted by Gasteiger charge is 2.17. The summed E-state index contributed by atoms with van der Waals surface area (Å²) in [5.41, 5.74) is 1.06. The predicted octanol–water partition coefficient (Wildman–Crippen LogP) is 3.76. The van der Waals surface area contributed by atoms with Gasteiger partial charge >= 0.3 is 0 Å². The van der Waals surface area contributed by atoms with Crippen LogP contribution in [0.15, 0.2) is 34.7 Å². The lowest BCUT2D eigenvalue weighted by Crippen LogP contribution is -2.36. The highest BCUT2D eigenvalue weighted by Crippen LogP contribution is 2.19. The van der Waals surface area contributed by atoms with Crippen LogP contribution in [-0.2, 0) is 4.79 Å². The summed E-state index contributed by atoms with van der Waals surface area (Å²) in [4.78, 5) is 13.3. The molecule has 0 spiro atoms. The summed E-state index contributed by atoms with van der Waals surface area (Å²) in [5.74, 6) is -0.252. The third-order valence-corrected chi connectivity index (χ3v) is 4.48. The van der Waals surface area contributed by atoms with Crippen molar-refractivity contribution in [3.63, 3.8) is 0 Å². The molecular weight excluding hydrogens is 280 g/mol. The van der Waals surface area contributed by atoms with Gasteiger partial charge in [0.1, 0.15) is 11.6 Å². The van der Waals surface area contributed by atoms with Gasteiger partial charge in [-0.25, -0.2) is 0 Å². The largest absolute Gasteiger partial charge is 0.349 e. The zero-order chi connectivity index (χ0) is 15.1. The van der Waals surface area contributed by atoms with Gasteiger partial charge in [0.15, 0.2) is 0 Å². The summed E-state index contributed by atoms with van der Waals surface area (Å²) in [7, 11) is 0. The zero-order valence-electron chi connectivity index (χ0n) is 12.3. The van der Waals surface area contributed by atoms with Gasteiger partial charge in [0, 0.05) is 10.9 Å². The Hall–Kier alpha value is -1.73. The van der Waals surface area contributed by atoms with Crippen LogP contribution in [-0.4, -0.2) is 18.2 Å². The molecule has 0 aromatic heterocycles.